The van der Waals surface area contributed by atoms with E-state index < -0.39 is 0 Å². The van der Waals surface area contributed by atoms with Gasteiger partial charge in [-0.25, -0.2) is 0 Å². The molecule has 0 bridgehead atoms. The van der Waals surface area contributed by atoms with E-state index in [1.54, 1.807) is 0 Å². The van der Waals surface area contributed by atoms with E-state index in [-0.39, 0.29) is 0 Å². The van der Waals surface area contributed by atoms with E-state index in [9.17, 15) is 0 Å². The third kappa shape index (κ3) is 6.94. The van der Waals surface area contributed by atoms with Crippen molar-refractivity contribution in [2.45, 2.75) is 39.0 Å². The first kappa shape index (κ1) is 20.1. The third-order valence-corrected chi connectivity index (χ3v) is 5.62. The number of likely N-dealkylation sites (N-methyl/N-ethyl adjacent to an activating group) is 2. The van der Waals surface area contributed by atoms with E-state index in [1.165, 1.54) is 52.1 Å². The fraction of sp³-hybridized carbons (Fsp3) is 1.00. The van der Waals surface area contributed by atoms with Crippen molar-refractivity contribution in [3.05, 3.63) is 0 Å². The maximum Gasteiger partial charge on any atom is 0.0568 e. The molecule has 2 fully saturated rings. The Bertz CT molecular complexity index is 307. The Balaban J connectivity index is 1.54. The summed E-state index contributed by atoms with van der Waals surface area (Å²) in [7, 11) is 4.51. The molecule has 2 N–H and O–H groups in total. The van der Waals surface area contributed by atoms with Crippen molar-refractivity contribution in [1.29, 1.82) is 0 Å². The summed E-state index contributed by atoms with van der Waals surface area (Å²) >= 11 is 0. The maximum atomic E-state index is 3.55. The molecule has 0 radical (unpaired) electrons. The summed E-state index contributed by atoms with van der Waals surface area (Å²) in [6.07, 6.45) is 3.63. The topological polar surface area (TPSA) is 37.0 Å². The van der Waals surface area contributed by atoms with Gasteiger partial charge in [0.1, 0.15) is 0 Å². The van der Waals surface area contributed by atoms with Crippen molar-refractivity contribution < 1.29 is 0 Å². The second kappa shape index (κ2) is 10.7. The zero-order valence-electron chi connectivity index (χ0n) is 16.4. The van der Waals surface area contributed by atoms with Crippen LogP contribution in [-0.2, 0) is 0 Å². The first-order valence-corrected chi connectivity index (χ1v) is 9.88. The van der Waals surface area contributed by atoms with Crippen LogP contribution in [0.5, 0.6) is 0 Å². The van der Waals surface area contributed by atoms with Gasteiger partial charge in [-0.1, -0.05) is 0 Å². The number of nitrogens with one attached hydrogen (secondary N) is 2. The Morgan fingerprint density at radius 2 is 1.17 bits per heavy atom. The fourth-order valence-electron chi connectivity index (χ4n) is 3.61. The number of nitrogens with zero attached hydrogens (tertiary/aromatic N) is 4. The van der Waals surface area contributed by atoms with Crippen molar-refractivity contribution >= 4 is 0 Å². The highest BCUT2D eigenvalue weighted by Crippen LogP contribution is 2.04. The minimum Gasteiger partial charge on any atom is -0.304 e. The molecular formula is C18H40N6. The molecule has 2 aliphatic heterocycles. The summed E-state index contributed by atoms with van der Waals surface area (Å²) in [5.41, 5.74) is 0. The lowest BCUT2D eigenvalue weighted by Gasteiger charge is -2.36. The summed E-state index contributed by atoms with van der Waals surface area (Å²) in [6, 6.07) is 0. The van der Waals surface area contributed by atoms with Crippen LogP contribution >= 0.6 is 0 Å². The minimum absolute atomic E-state index is 0.537. The highest BCUT2D eigenvalue weighted by atomic mass is 15.3. The van der Waals surface area contributed by atoms with E-state index in [0.717, 1.165) is 26.2 Å². The summed E-state index contributed by atoms with van der Waals surface area (Å²) in [5.74, 6) is 0. The number of hydrogen-bond acceptors (Lipinski definition) is 6. The van der Waals surface area contributed by atoms with Crippen LogP contribution in [0.1, 0.15) is 26.7 Å². The van der Waals surface area contributed by atoms with Crippen molar-refractivity contribution in [2.75, 3.05) is 79.5 Å². The van der Waals surface area contributed by atoms with Crippen LogP contribution in [0.3, 0.4) is 0 Å². The van der Waals surface area contributed by atoms with Crippen LogP contribution < -0.4 is 10.6 Å². The number of hydrogen-bond donors (Lipinski definition) is 2. The van der Waals surface area contributed by atoms with E-state index in [2.05, 4.69) is 58.2 Å². The summed E-state index contributed by atoms with van der Waals surface area (Å²) in [4.78, 5) is 10.1. The minimum atomic E-state index is 0.537. The Hall–Kier alpha value is -0.240. The molecule has 0 aromatic rings. The molecule has 2 saturated heterocycles. The first-order valence-electron chi connectivity index (χ1n) is 9.88. The monoisotopic (exact) mass is 340 g/mol. The Kier molecular flexibility index (Phi) is 8.94. The van der Waals surface area contributed by atoms with E-state index in [0.29, 0.717) is 12.3 Å². The smallest absolute Gasteiger partial charge is 0.0568 e. The second-order valence-electron chi connectivity index (χ2n) is 7.65. The van der Waals surface area contributed by atoms with E-state index >= 15 is 0 Å². The Morgan fingerprint density at radius 3 is 1.54 bits per heavy atom. The van der Waals surface area contributed by atoms with Crippen LogP contribution in [0.2, 0.25) is 0 Å². The molecule has 0 saturated carbocycles. The maximum absolute atomic E-state index is 3.55. The van der Waals surface area contributed by atoms with Gasteiger partial charge in [0.05, 0.1) is 12.3 Å². The SMILES string of the molecule is CC1NCCCN1CCN(C)CCN(C)CCN1CCCNC1C. The van der Waals surface area contributed by atoms with E-state index in [1.807, 2.05) is 0 Å². The molecule has 2 aliphatic rings. The molecule has 0 spiro atoms. The Morgan fingerprint density at radius 1 is 0.750 bits per heavy atom. The van der Waals surface area contributed by atoms with Crippen molar-refractivity contribution in [1.82, 2.24) is 30.2 Å². The number of rotatable bonds is 9. The van der Waals surface area contributed by atoms with Crippen LogP contribution in [0, 0.1) is 0 Å². The largest absolute Gasteiger partial charge is 0.304 e. The zero-order valence-corrected chi connectivity index (χ0v) is 16.4. The summed E-state index contributed by atoms with van der Waals surface area (Å²) < 4.78 is 0. The average Bonchev–Trinajstić information content (AvgIpc) is 2.58. The van der Waals surface area contributed by atoms with Gasteiger partial charge in [0.15, 0.2) is 0 Å². The molecule has 2 unspecified atom stereocenters. The van der Waals surface area contributed by atoms with Crippen LogP contribution in [0.15, 0.2) is 0 Å². The molecule has 142 valence electrons. The lowest BCUT2D eigenvalue weighted by molar-refractivity contribution is 0.117. The highest BCUT2D eigenvalue weighted by Gasteiger charge is 2.18. The molecular weight excluding hydrogens is 300 g/mol. The predicted molar refractivity (Wildman–Crippen MR) is 102 cm³/mol. The average molecular weight is 341 g/mol. The van der Waals surface area contributed by atoms with Crippen LogP contribution in [-0.4, -0.2) is 111 Å². The van der Waals surface area contributed by atoms with Gasteiger partial charge in [-0.3, -0.25) is 9.80 Å². The van der Waals surface area contributed by atoms with Crippen LogP contribution in [0.4, 0.5) is 0 Å². The molecule has 0 aromatic carbocycles. The summed E-state index contributed by atoms with van der Waals surface area (Å²) in [6.45, 7) is 16.4. The second-order valence-corrected chi connectivity index (χ2v) is 7.65. The molecule has 0 amide bonds. The first-order chi connectivity index (χ1) is 11.6. The highest BCUT2D eigenvalue weighted by molar-refractivity contribution is 4.74. The molecule has 6 heteroatoms. The predicted octanol–water partition coefficient (Wildman–Crippen LogP) is 0.133. The third-order valence-electron chi connectivity index (χ3n) is 5.62. The quantitative estimate of drug-likeness (QED) is 0.622. The van der Waals surface area contributed by atoms with Gasteiger partial charge in [-0.15, -0.1) is 0 Å². The van der Waals surface area contributed by atoms with Gasteiger partial charge in [0.2, 0.25) is 0 Å². The summed E-state index contributed by atoms with van der Waals surface area (Å²) in [5, 5.41) is 7.09. The molecule has 0 aromatic heterocycles. The van der Waals surface area contributed by atoms with E-state index in [4.69, 9.17) is 0 Å². The van der Waals surface area contributed by atoms with Gasteiger partial charge < -0.3 is 20.4 Å². The van der Waals surface area contributed by atoms with Crippen molar-refractivity contribution in [3.8, 4) is 0 Å². The molecule has 2 atom stereocenters. The fourth-order valence-corrected chi connectivity index (χ4v) is 3.61. The van der Waals surface area contributed by atoms with Gasteiger partial charge in [-0.2, -0.15) is 0 Å². The van der Waals surface area contributed by atoms with Crippen molar-refractivity contribution in [2.24, 2.45) is 0 Å². The van der Waals surface area contributed by atoms with Gasteiger partial charge >= 0.3 is 0 Å². The van der Waals surface area contributed by atoms with Crippen molar-refractivity contribution in [3.63, 3.8) is 0 Å². The normalized spacial score (nSPS) is 27.2. The zero-order chi connectivity index (χ0) is 17.4. The van der Waals surface area contributed by atoms with Gasteiger partial charge in [0.25, 0.3) is 0 Å². The van der Waals surface area contributed by atoms with Gasteiger partial charge in [-0.05, 0) is 53.9 Å². The molecule has 2 heterocycles. The lowest BCUT2D eigenvalue weighted by atomic mass is 10.2. The lowest BCUT2D eigenvalue weighted by Crippen LogP contribution is -2.52. The van der Waals surface area contributed by atoms with Gasteiger partial charge in [0, 0.05) is 52.4 Å². The Labute approximate surface area is 149 Å². The molecule has 0 aliphatic carbocycles. The standard InChI is InChI=1S/C18H40N6/c1-17-19-7-5-9-23(17)15-13-21(3)11-12-22(4)14-16-24-10-6-8-20-18(24)2/h17-20H,5-16H2,1-4H3. The van der Waals surface area contributed by atoms with Crippen LogP contribution in [0.25, 0.3) is 0 Å². The molecule has 24 heavy (non-hydrogen) atoms. The molecule has 6 nitrogen and oxygen atoms in total. The molecule has 2 rings (SSSR count).